The Labute approximate surface area is 241 Å². The lowest BCUT2D eigenvalue weighted by atomic mass is 9.89. The van der Waals surface area contributed by atoms with Crippen molar-refractivity contribution in [2.75, 3.05) is 28.2 Å². The van der Waals surface area contributed by atoms with Crippen LogP contribution in [0.1, 0.15) is 49.7 Å². The average molecular weight is 552 g/mol. The van der Waals surface area contributed by atoms with E-state index in [2.05, 4.69) is 38.7 Å². The third-order valence-corrected chi connectivity index (χ3v) is 8.20. The molecule has 212 valence electrons. The first kappa shape index (κ1) is 28.0. The van der Waals surface area contributed by atoms with Gasteiger partial charge in [0.15, 0.2) is 0 Å². The summed E-state index contributed by atoms with van der Waals surface area (Å²) in [4.78, 5) is 33.7. The van der Waals surface area contributed by atoms with Gasteiger partial charge in [0.05, 0.1) is 5.56 Å². The van der Waals surface area contributed by atoms with Crippen molar-refractivity contribution < 1.29 is 9.59 Å². The molecule has 4 N–H and O–H groups in total. The fourth-order valence-corrected chi connectivity index (χ4v) is 5.83. The number of nitrogens with zero attached hydrogens (tertiary/aromatic N) is 4. The summed E-state index contributed by atoms with van der Waals surface area (Å²) in [5.74, 6) is 0.502. The number of nitrogens with two attached hydrogens (primary N) is 1. The summed E-state index contributed by atoms with van der Waals surface area (Å²) in [5, 5.41) is 15.6. The van der Waals surface area contributed by atoms with Crippen molar-refractivity contribution in [3.8, 4) is 6.07 Å². The van der Waals surface area contributed by atoms with Crippen molar-refractivity contribution in [2.45, 2.75) is 57.2 Å². The lowest BCUT2D eigenvalue weighted by Crippen LogP contribution is -2.48. The van der Waals surface area contributed by atoms with Crippen molar-refractivity contribution >= 4 is 29.1 Å². The standard InChI is InChI=1S/C32H37N7O2/c33-20-24-6-15-30(35-22-24)37-26-7-9-28(10-8-26)39(32(41)36-21-23-4-2-1-3-5-23)29-13-11-27(12-14-29)38-18-16-25(17-19-38)31(34)40/h1-6,11-15,22,25-26,28H,7-10,16-19,21H2,(H2,34,40)(H,35,37)(H,36,41)/t26-,28-. The van der Waals surface area contributed by atoms with Gasteiger partial charge in [-0.05, 0) is 80.5 Å². The van der Waals surface area contributed by atoms with Gasteiger partial charge in [0.25, 0.3) is 0 Å². The van der Waals surface area contributed by atoms with E-state index in [1.54, 1.807) is 12.3 Å². The fourth-order valence-electron chi connectivity index (χ4n) is 5.83. The zero-order valence-electron chi connectivity index (χ0n) is 23.2. The molecule has 1 aliphatic heterocycles. The molecule has 0 radical (unpaired) electrons. The van der Waals surface area contributed by atoms with Crippen molar-refractivity contribution in [1.29, 1.82) is 5.26 Å². The number of hydrogen-bond acceptors (Lipinski definition) is 6. The second kappa shape index (κ2) is 13.2. The SMILES string of the molecule is N#Cc1ccc(N[C@H]2CC[C@H](N(C(=O)NCc3ccccc3)c3ccc(N4CCC(C(N)=O)CC4)cc3)CC2)nc1. The molecule has 9 nitrogen and oxygen atoms in total. The first-order valence-electron chi connectivity index (χ1n) is 14.4. The number of carbonyl (C=O) groups excluding carboxylic acids is 2. The number of benzene rings is 2. The van der Waals surface area contributed by atoms with Crippen LogP contribution in [0, 0.1) is 17.2 Å². The smallest absolute Gasteiger partial charge is 0.322 e. The molecule has 1 aromatic heterocycles. The van der Waals surface area contributed by atoms with Crippen LogP contribution >= 0.6 is 0 Å². The van der Waals surface area contributed by atoms with Crippen LogP contribution in [0.15, 0.2) is 72.9 Å². The molecule has 1 aliphatic carbocycles. The Hall–Kier alpha value is -4.58. The van der Waals surface area contributed by atoms with E-state index in [-0.39, 0.29) is 29.9 Å². The number of carbonyl (C=O) groups is 2. The zero-order chi connectivity index (χ0) is 28.6. The quantitative estimate of drug-likeness (QED) is 0.369. The van der Waals surface area contributed by atoms with E-state index in [0.29, 0.717) is 12.1 Å². The van der Waals surface area contributed by atoms with Crippen molar-refractivity contribution in [1.82, 2.24) is 10.3 Å². The predicted molar refractivity (Wildman–Crippen MR) is 160 cm³/mol. The highest BCUT2D eigenvalue weighted by Crippen LogP contribution is 2.31. The second-order valence-corrected chi connectivity index (χ2v) is 10.9. The molecular weight excluding hydrogens is 514 g/mol. The summed E-state index contributed by atoms with van der Waals surface area (Å²) < 4.78 is 0. The number of piperidine rings is 1. The van der Waals surface area contributed by atoms with Crippen LogP contribution in [-0.4, -0.2) is 42.1 Å². The maximum atomic E-state index is 13.6. The van der Waals surface area contributed by atoms with Crippen molar-refractivity contribution in [3.05, 3.63) is 84.1 Å². The van der Waals surface area contributed by atoms with Crippen LogP contribution in [0.4, 0.5) is 22.0 Å². The molecule has 0 unspecified atom stereocenters. The Morgan fingerprint density at radius 2 is 1.66 bits per heavy atom. The highest BCUT2D eigenvalue weighted by Gasteiger charge is 2.31. The summed E-state index contributed by atoms with van der Waals surface area (Å²) in [7, 11) is 0. The molecule has 2 aliphatic rings. The molecule has 1 saturated heterocycles. The minimum Gasteiger partial charge on any atom is -0.371 e. The molecule has 2 aromatic carbocycles. The van der Waals surface area contributed by atoms with E-state index in [0.717, 1.165) is 74.4 Å². The number of nitriles is 1. The van der Waals surface area contributed by atoms with E-state index in [4.69, 9.17) is 11.0 Å². The Bertz CT molecular complexity index is 1340. The van der Waals surface area contributed by atoms with E-state index in [9.17, 15) is 9.59 Å². The van der Waals surface area contributed by atoms with Crippen molar-refractivity contribution in [2.24, 2.45) is 11.7 Å². The maximum Gasteiger partial charge on any atom is 0.322 e. The summed E-state index contributed by atoms with van der Waals surface area (Å²) in [6.45, 7) is 2.04. The molecule has 2 heterocycles. The first-order valence-corrected chi connectivity index (χ1v) is 14.4. The number of nitrogens with one attached hydrogen (secondary N) is 2. The van der Waals surface area contributed by atoms with Crippen molar-refractivity contribution in [3.63, 3.8) is 0 Å². The van der Waals surface area contributed by atoms with Crippen LogP contribution in [0.3, 0.4) is 0 Å². The number of hydrogen-bond donors (Lipinski definition) is 3. The third-order valence-electron chi connectivity index (χ3n) is 8.20. The van der Waals surface area contributed by atoms with Gasteiger partial charge >= 0.3 is 6.03 Å². The third kappa shape index (κ3) is 7.14. The lowest BCUT2D eigenvalue weighted by molar-refractivity contribution is -0.122. The fraction of sp³-hybridized carbons (Fsp3) is 0.375. The molecule has 2 fully saturated rings. The molecule has 41 heavy (non-hydrogen) atoms. The van der Waals surface area contributed by atoms with Gasteiger partial charge < -0.3 is 21.3 Å². The Morgan fingerprint density at radius 3 is 2.27 bits per heavy atom. The predicted octanol–water partition coefficient (Wildman–Crippen LogP) is 4.79. The van der Waals surface area contributed by atoms with Gasteiger partial charge in [-0.2, -0.15) is 5.26 Å². The number of urea groups is 1. The van der Waals surface area contributed by atoms with Gasteiger partial charge in [0.2, 0.25) is 5.91 Å². The molecule has 9 heteroatoms. The minimum absolute atomic E-state index is 0.0494. The van der Waals surface area contributed by atoms with Crippen LogP contribution in [0.2, 0.25) is 0 Å². The summed E-state index contributed by atoms with van der Waals surface area (Å²) in [5.41, 5.74) is 9.06. The lowest BCUT2D eigenvalue weighted by Gasteiger charge is -2.38. The van der Waals surface area contributed by atoms with Crippen LogP contribution in [0.25, 0.3) is 0 Å². The molecular formula is C32H37N7O2. The Kier molecular flexibility index (Phi) is 8.99. The molecule has 3 aromatic rings. The van der Waals surface area contributed by atoms with E-state index in [1.807, 2.05) is 53.4 Å². The van der Waals surface area contributed by atoms with Gasteiger partial charge in [0.1, 0.15) is 11.9 Å². The highest BCUT2D eigenvalue weighted by atomic mass is 16.2. The largest absolute Gasteiger partial charge is 0.371 e. The number of pyridine rings is 1. The molecule has 5 rings (SSSR count). The van der Waals surface area contributed by atoms with E-state index < -0.39 is 0 Å². The number of amides is 3. The first-order chi connectivity index (χ1) is 20.0. The summed E-state index contributed by atoms with van der Waals surface area (Å²) in [6.07, 6.45) is 6.63. The van der Waals surface area contributed by atoms with Crippen LogP contribution in [0.5, 0.6) is 0 Å². The van der Waals surface area contributed by atoms with Crippen LogP contribution < -0.4 is 26.2 Å². The monoisotopic (exact) mass is 551 g/mol. The van der Waals surface area contributed by atoms with Crippen LogP contribution in [-0.2, 0) is 11.3 Å². The maximum absolute atomic E-state index is 13.6. The molecule has 0 bridgehead atoms. The summed E-state index contributed by atoms with van der Waals surface area (Å²) >= 11 is 0. The van der Waals surface area contributed by atoms with Gasteiger partial charge in [-0.3, -0.25) is 9.69 Å². The number of primary amides is 1. The van der Waals surface area contributed by atoms with E-state index in [1.165, 1.54) is 0 Å². The number of aromatic nitrogens is 1. The zero-order valence-corrected chi connectivity index (χ0v) is 23.2. The molecule has 1 saturated carbocycles. The van der Waals surface area contributed by atoms with Gasteiger partial charge in [0, 0.05) is 55.2 Å². The summed E-state index contributed by atoms with van der Waals surface area (Å²) in [6, 6.07) is 24.1. The number of rotatable bonds is 8. The second-order valence-electron chi connectivity index (χ2n) is 10.9. The average Bonchev–Trinajstić information content (AvgIpc) is 3.02. The minimum atomic E-state index is -0.213. The topological polar surface area (TPSA) is 127 Å². The highest BCUT2D eigenvalue weighted by molar-refractivity contribution is 5.92. The Balaban J connectivity index is 1.26. The van der Waals surface area contributed by atoms with E-state index >= 15 is 0 Å². The molecule has 0 spiro atoms. The molecule has 3 amide bonds. The number of anilines is 3. The molecule has 0 atom stereocenters. The normalized spacial score (nSPS) is 19.1. The van der Waals surface area contributed by atoms with Gasteiger partial charge in [-0.1, -0.05) is 30.3 Å². The van der Waals surface area contributed by atoms with Gasteiger partial charge in [-0.15, -0.1) is 0 Å². The van der Waals surface area contributed by atoms with Gasteiger partial charge in [-0.25, -0.2) is 9.78 Å². The Morgan fingerprint density at radius 1 is 0.951 bits per heavy atom.